The number of methoxy groups -OCH3 is 1. The third kappa shape index (κ3) is 8.41. The van der Waals surface area contributed by atoms with E-state index in [1.807, 2.05) is 30.3 Å². The van der Waals surface area contributed by atoms with E-state index in [4.69, 9.17) is 23.7 Å². The summed E-state index contributed by atoms with van der Waals surface area (Å²) in [6, 6.07) is 10.3. The summed E-state index contributed by atoms with van der Waals surface area (Å²) in [7, 11) is 1.32. The largest absolute Gasteiger partial charge is 0.461 e. The maximum absolute atomic E-state index is 13.7. The van der Waals surface area contributed by atoms with Crippen LogP contribution in [0.2, 0.25) is 0 Å². The lowest BCUT2D eigenvalue weighted by Crippen LogP contribution is -2.47. The van der Waals surface area contributed by atoms with Crippen molar-refractivity contribution < 1.29 is 38.1 Å². The van der Waals surface area contributed by atoms with Gasteiger partial charge in [0, 0.05) is 27.1 Å². The molecule has 2 amide bonds. The summed E-state index contributed by atoms with van der Waals surface area (Å²) in [5.74, 6) is -0.360. The second kappa shape index (κ2) is 15.9. The molecule has 1 fully saturated rings. The summed E-state index contributed by atoms with van der Waals surface area (Å²) >= 11 is 3.53. The molecule has 1 aromatic heterocycles. The molecule has 1 N–H and O–H groups in total. The lowest BCUT2D eigenvalue weighted by Gasteiger charge is -2.27. The summed E-state index contributed by atoms with van der Waals surface area (Å²) in [6.45, 7) is 3.23. The molecular weight excluding hydrogens is 582 g/mol. The molecule has 2 aromatic rings. The molecule has 1 saturated heterocycles. The summed E-state index contributed by atoms with van der Waals surface area (Å²) in [4.78, 5) is 39.5. The van der Waals surface area contributed by atoms with Crippen LogP contribution in [0.1, 0.15) is 94.5 Å². The second-order valence-corrected chi connectivity index (χ2v) is 10.9. The average Bonchev–Trinajstić information content (AvgIpc) is 3.45. The number of carbonyl (C=O) groups is 3. The normalized spacial score (nSPS) is 18.4. The Morgan fingerprint density at radius 2 is 1.68 bits per heavy atom. The van der Waals surface area contributed by atoms with Crippen molar-refractivity contribution in [3.63, 3.8) is 0 Å². The minimum atomic E-state index is -1.33. The van der Waals surface area contributed by atoms with Crippen LogP contribution in [0.5, 0.6) is 0 Å². The Labute approximate surface area is 244 Å². The van der Waals surface area contributed by atoms with E-state index in [0.717, 1.165) is 55.4 Å². The molecule has 0 saturated carbocycles. The number of aryl methyl sites for hydroxylation is 1. The van der Waals surface area contributed by atoms with Gasteiger partial charge in [-0.25, -0.2) is 9.69 Å². The molecule has 40 heavy (non-hydrogen) atoms. The average molecular weight is 623 g/mol. The van der Waals surface area contributed by atoms with Crippen LogP contribution in [0.15, 0.2) is 45.3 Å². The number of amides is 2. The van der Waals surface area contributed by atoms with Crippen LogP contribution in [0.3, 0.4) is 0 Å². The van der Waals surface area contributed by atoms with Crippen molar-refractivity contribution in [1.29, 1.82) is 0 Å². The smallest absolute Gasteiger partial charge is 0.417 e. The second-order valence-electron chi connectivity index (χ2n) is 10.1. The first kappa shape index (κ1) is 31.8. The number of nitrogens with zero attached hydrogens (tertiary/aromatic N) is 1. The van der Waals surface area contributed by atoms with Gasteiger partial charge in [0.1, 0.15) is 17.6 Å². The number of aliphatic hydroxyl groups is 1. The van der Waals surface area contributed by atoms with Crippen LogP contribution < -0.4 is 0 Å². The van der Waals surface area contributed by atoms with Gasteiger partial charge in [0.05, 0.1) is 10.5 Å². The van der Waals surface area contributed by atoms with Crippen molar-refractivity contribution in [1.82, 2.24) is 4.90 Å². The van der Waals surface area contributed by atoms with Gasteiger partial charge in [0.2, 0.25) is 0 Å². The number of aliphatic hydroxyl groups excluding tert-OH is 1. The van der Waals surface area contributed by atoms with Gasteiger partial charge in [0.25, 0.3) is 5.91 Å². The number of benzene rings is 1. The molecule has 0 bridgehead atoms. The Balaban J connectivity index is 1.67. The maximum atomic E-state index is 13.7. The Morgan fingerprint density at radius 1 is 1.05 bits per heavy atom. The van der Waals surface area contributed by atoms with E-state index in [2.05, 4.69) is 15.9 Å². The van der Waals surface area contributed by atoms with Crippen molar-refractivity contribution in [2.24, 2.45) is 0 Å². The van der Waals surface area contributed by atoms with Gasteiger partial charge >= 0.3 is 12.1 Å². The van der Waals surface area contributed by atoms with E-state index >= 15 is 0 Å². The summed E-state index contributed by atoms with van der Waals surface area (Å²) < 4.78 is 23.4. The molecule has 0 aliphatic carbocycles. The molecule has 0 unspecified atom stereocenters. The molecule has 0 spiro atoms. The van der Waals surface area contributed by atoms with Gasteiger partial charge in [-0.15, -0.1) is 0 Å². The summed E-state index contributed by atoms with van der Waals surface area (Å²) in [6.07, 6.45) is 5.23. The topological polar surface area (TPSA) is 116 Å². The molecule has 2 heterocycles. The first-order chi connectivity index (χ1) is 19.3. The van der Waals surface area contributed by atoms with Crippen molar-refractivity contribution >= 4 is 33.9 Å². The number of rotatable bonds is 16. The highest BCUT2D eigenvalue weighted by atomic mass is 79.9. The van der Waals surface area contributed by atoms with Crippen LogP contribution in [0.25, 0.3) is 0 Å². The van der Waals surface area contributed by atoms with Gasteiger partial charge in [-0.05, 0) is 47.3 Å². The zero-order valence-corrected chi connectivity index (χ0v) is 25.1. The third-order valence-corrected chi connectivity index (χ3v) is 7.74. The molecule has 4 atom stereocenters. The Bertz CT molecular complexity index is 1100. The number of esters is 1. The number of unbranched alkanes of at least 4 members (excludes halogenated alkanes) is 7. The standard InChI is InChI=1S/C30H40BrNO8/c1-20-26(22-15-11-10-12-16-22)40-30(36)32(20)29(35)28(37-3)27(38-21(2)34)25-19-23(31)24(39-25)17-13-8-6-4-5-7-9-14-18-33/h10-12,15-16,19-20,26-28,33H,4-9,13-14,17-18H2,1-3H3/t20-,26-,27+,28-/m1/s1. The monoisotopic (exact) mass is 621 g/mol. The first-order valence-corrected chi connectivity index (χ1v) is 14.7. The number of ether oxygens (including phenoxy) is 3. The minimum absolute atomic E-state index is 0.251. The van der Waals surface area contributed by atoms with Crippen LogP contribution in [0.4, 0.5) is 4.79 Å². The van der Waals surface area contributed by atoms with Gasteiger partial charge in [-0.3, -0.25) is 9.59 Å². The summed E-state index contributed by atoms with van der Waals surface area (Å²) in [5.41, 5.74) is 0.769. The fraction of sp³-hybridized carbons (Fsp3) is 0.567. The lowest BCUT2D eigenvalue weighted by atomic mass is 10.0. The van der Waals surface area contributed by atoms with Gasteiger partial charge in [0.15, 0.2) is 12.2 Å². The zero-order chi connectivity index (χ0) is 29.1. The fourth-order valence-electron chi connectivity index (χ4n) is 4.98. The Morgan fingerprint density at radius 3 is 2.27 bits per heavy atom. The Hall–Kier alpha value is -2.69. The van der Waals surface area contributed by atoms with Crippen LogP contribution in [0, 0.1) is 0 Å². The van der Waals surface area contributed by atoms with Crippen LogP contribution in [-0.4, -0.2) is 53.8 Å². The minimum Gasteiger partial charge on any atom is -0.461 e. The number of carbonyl (C=O) groups excluding carboxylic acids is 3. The molecule has 0 radical (unpaired) electrons. The SMILES string of the molecule is CO[C@@H](C(=O)N1C(=O)O[C@@H](c2ccccc2)[C@H]1C)[C@@H](OC(C)=O)c1cc(Br)c(CCCCCCCCCCO)o1. The lowest BCUT2D eigenvalue weighted by molar-refractivity contribution is -0.164. The predicted octanol–water partition coefficient (Wildman–Crippen LogP) is 6.43. The molecule has 1 aliphatic heterocycles. The maximum Gasteiger partial charge on any atom is 0.417 e. The zero-order valence-electron chi connectivity index (χ0n) is 23.5. The van der Waals surface area contributed by atoms with Crippen molar-refractivity contribution in [3.05, 3.63) is 58.0 Å². The van der Waals surface area contributed by atoms with Gasteiger partial charge < -0.3 is 23.7 Å². The third-order valence-electron chi connectivity index (χ3n) is 7.07. The number of imide groups is 1. The van der Waals surface area contributed by atoms with Gasteiger partial charge in [-0.2, -0.15) is 0 Å². The quantitative estimate of drug-likeness (QED) is 0.168. The van der Waals surface area contributed by atoms with Crippen LogP contribution >= 0.6 is 15.9 Å². The summed E-state index contributed by atoms with van der Waals surface area (Å²) in [5, 5.41) is 8.86. The van der Waals surface area contributed by atoms with E-state index in [9.17, 15) is 14.4 Å². The fourth-order valence-corrected chi connectivity index (χ4v) is 5.48. The highest BCUT2D eigenvalue weighted by molar-refractivity contribution is 9.10. The molecule has 3 rings (SSSR count). The molecule has 1 aliphatic rings. The number of furan rings is 1. The van der Waals surface area contributed by atoms with E-state index in [-0.39, 0.29) is 12.4 Å². The van der Waals surface area contributed by atoms with Crippen molar-refractivity contribution in [3.8, 4) is 0 Å². The van der Waals surface area contributed by atoms with Gasteiger partial charge in [-0.1, -0.05) is 68.9 Å². The number of hydrogen-bond donors (Lipinski definition) is 1. The molecule has 1 aromatic carbocycles. The number of cyclic esters (lactones) is 1. The van der Waals surface area contributed by atoms with Crippen LogP contribution in [-0.2, 0) is 30.2 Å². The number of halogens is 1. The van der Waals surface area contributed by atoms with E-state index < -0.39 is 42.3 Å². The van der Waals surface area contributed by atoms with Crippen molar-refractivity contribution in [2.75, 3.05) is 13.7 Å². The Kier molecular flexibility index (Phi) is 12.7. The molecule has 9 nitrogen and oxygen atoms in total. The van der Waals surface area contributed by atoms with Crippen molar-refractivity contribution in [2.45, 2.75) is 96.0 Å². The predicted molar refractivity (Wildman–Crippen MR) is 151 cm³/mol. The first-order valence-electron chi connectivity index (χ1n) is 14.0. The molecule has 10 heteroatoms. The highest BCUT2D eigenvalue weighted by Gasteiger charge is 2.48. The molecular formula is C30H40BrNO8. The van der Waals surface area contributed by atoms with E-state index in [0.29, 0.717) is 16.7 Å². The van der Waals surface area contributed by atoms with E-state index in [1.54, 1.807) is 13.0 Å². The van der Waals surface area contributed by atoms with E-state index in [1.165, 1.54) is 20.5 Å². The number of hydrogen-bond acceptors (Lipinski definition) is 8. The molecule has 220 valence electrons. The highest BCUT2D eigenvalue weighted by Crippen LogP contribution is 2.36.